The standard InChI is InChI=1S/C14H15BrClFN2O3/c1-3-22-13(21)6-7-18-19(2)12(20)8-9-11(17)5-4-10(16)14(9)15/h4-5,7H,3,6,8H2,1-2H3. The maximum Gasteiger partial charge on any atom is 0.311 e. The van der Waals surface area contributed by atoms with Crippen molar-refractivity contribution < 1.29 is 18.7 Å². The van der Waals surface area contributed by atoms with Crippen molar-refractivity contribution in [3.8, 4) is 0 Å². The van der Waals surface area contributed by atoms with Crippen molar-refractivity contribution in [1.82, 2.24) is 5.01 Å². The number of hydrogen-bond donors (Lipinski definition) is 0. The van der Waals surface area contributed by atoms with Gasteiger partial charge in [0.15, 0.2) is 0 Å². The molecule has 5 nitrogen and oxygen atoms in total. The lowest BCUT2D eigenvalue weighted by Gasteiger charge is -2.12. The molecule has 0 saturated heterocycles. The number of rotatable bonds is 6. The molecule has 1 amide bonds. The van der Waals surface area contributed by atoms with E-state index in [1.165, 1.54) is 25.4 Å². The first-order valence-electron chi connectivity index (χ1n) is 6.43. The maximum absolute atomic E-state index is 13.7. The summed E-state index contributed by atoms with van der Waals surface area (Å²) in [5, 5.41) is 5.16. The zero-order valence-corrected chi connectivity index (χ0v) is 14.4. The van der Waals surface area contributed by atoms with Gasteiger partial charge in [-0.25, -0.2) is 9.40 Å². The van der Waals surface area contributed by atoms with E-state index in [1.54, 1.807) is 6.92 Å². The van der Waals surface area contributed by atoms with Crippen LogP contribution in [-0.4, -0.2) is 36.8 Å². The Kier molecular flexibility index (Phi) is 7.47. The van der Waals surface area contributed by atoms with Crippen LogP contribution in [0.2, 0.25) is 5.02 Å². The zero-order chi connectivity index (χ0) is 16.7. The molecule has 0 aliphatic heterocycles. The average molecular weight is 394 g/mol. The van der Waals surface area contributed by atoms with Gasteiger partial charge in [0.25, 0.3) is 0 Å². The van der Waals surface area contributed by atoms with E-state index in [1.807, 2.05) is 0 Å². The van der Waals surface area contributed by atoms with Crippen molar-refractivity contribution in [3.05, 3.63) is 33.0 Å². The first-order valence-corrected chi connectivity index (χ1v) is 7.60. The van der Waals surface area contributed by atoms with E-state index < -0.39 is 17.7 Å². The van der Waals surface area contributed by atoms with Gasteiger partial charge in [-0.2, -0.15) is 5.10 Å². The van der Waals surface area contributed by atoms with Crippen molar-refractivity contribution >= 4 is 45.6 Å². The van der Waals surface area contributed by atoms with Gasteiger partial charge >= 0.3 is 5.97 Å². The molecule has 8 heteroatoms. The fraction of sp³-hybridized carbons (Fsp3) is 0.357. The molecule has 0 aromatic heterocycles. The van der Waals surface area contributed by atoms with Gasteiger partial charge in [0.2, 0.25) is 5.91 Å². The molecule has 120 valence electrons. The largest absolute Gasteiger partial charge is 0.466 e. The second kappa shape index (κ2) is 8.85. The van der Waals surface area contributed by atoms with Crippen LogP contribution in [0, 0.1) is 5.82 Å². The third-order valence-corrected chi connectivity index (χ3v) is 4.10. The highest BCUT2D eigenvalue weighted by atomic mass is 79.9. The summed E-state index contributed by atoms with van der Waals surface area (Å²) in [5.74, 6) is -1.41. The molecule has 0 N–H and O–H groups in total. The van der Waals surface area contributed by atoms with Gasteiger partial charge in [0.05, 0.1) is 24.5 Å². The van der Waals surface area contributed by atoms with Crippen LogP contribution in [0.5, 0.6) is 0 Å². The molecule has 1 rings (SSSR count). The molecule has 0 heterocycles. The molecular formula is C14H15BrClFN2O3. The first kappa shape index (κ1) is 18.6. The van der Waals surface area contributed by atoms with Gasteiger partial charge in [-0.1, -0.05) is 11.6 Å². The Balaban J connectivity index is 2.67. The molecule has 0 aliphatic rings. The van der Waals surface area contributed by atoms with Gasteiger partial charge in [0.1, 0.15) is 5.82 Å². The Morgan fingerprint density at radius 2 is 2.18 bits per heavy atom. The van der Waals surface area contributed by atoms with Crippen molar-refractivity contribution in [1.29, 1.82) is 0 Å². The number of esters is 1. The van der Waals surface area contributed by atoms with Gasteiger partial charge < -0.3 is 4.74 Å². The smallest absolute Gasteiger partial charge is 0.311 e. The van der Waals surface area contributed by atoms with E-state index in [0.29, 0.717) is 9.50 Å². The molecule has 22 heavy (non-hydrogen) atoms. The Bertz CT molecular complexity index is 596. The quantitative estimate of drug-likeness (QED) is 0.323. The molecule has 0 aliphatic carbocycles. The molecule has 0 bridgehead atoms. The number of hydrazone groups is 1. The minimum absolute atomic E-state index is 0.0410. The summed E-state index contributed by atoms with van der Waals surface area (Å²) in [4.78, 5) is 23.1. The van der Waals surface area contributed by atoms with Crippen LogP contribution < -0.4 is 0 Å². The molecule has 1 aromatic carbocycles. The first-order chi connectivity index (χ1) is 10.4. The second-order valence-electron chi connectivity index (χ2n) is 4.22. The zero-order valence-electron chi connectivity index (χ0n) is 12.1. The predicted molar refractivity (Wildman–Crippen MR) is 85.3 cm³/mol. The van der Waals surface area contributed by atoms with Crippen LogP contribution in [0.1, 0.15) is 18.9 Å². The van der Waals surface area contributed by atoms with E-state index in [4.69, 9.17) is 16.3 Å². The van der Waals surface area contributed by atoms with E-state index in [2.05, 4.69) is 21.0 Å². The molecule has 0 radical (unpaired) electrons. The van der Waals surface area contributed by atoms with Crippen LogP contribution in [0.15, 0.2) is 21.7 Å². The van der Waals surface area contributed by atoms with E-state index >= 15 is 0 Å². The van der Waals surface area contributed by atoms with Crippen LogP contribution in [0.4, 0.5) is 4.39 Å². The van der Waals surface area contributed by atoms with Crippen molar-refractivity contribution in [2.24, 2.45) is 5.10 Å². The Labute approximate surface area is 141 Å². The highest BCUT2D eigenvalue weighted by molar-refractivity contribution is 9.10. The van der Waals surface area contributed by atoms with E-state index in [9.17, 15) is 14.0 Å². The summed E-state index contributed by atoms with van der Waals surface area (Å²) in [6, 6.07) is 2.59. The van der Waals surface area contributed by atoms with Gasteiger partial charge in [-0.15, -0.1) is 0 Å². The Hall–Kier alpha value is -1.47. The Morgan fingerprint density at radius 1 is 1.50 bits per heavy atom. The van der Waals surface area contributed by atoms with Gasteiger partial charge in [-0.3, -0.25) is 9.59 Å². The third kappa shape index (κ3) is 5.38. The van der Waals surface area contributed by atoms with E-state index in [0.717, 1.165) is 5.01 Å². The number of nitrogens with zero attached hydrogens (tertiary/aromatic N) is 2. The number of hydrogen-bond acceptors (Lipinski definition) is 4. The summed E-state index contributed by atoms with van der Waals surface area (Å²) in [6.45, 7) is 1.98. The van der Waals surface area contributed by atoms with Crippen molar-refractivity contribution in [3.63, 3.8) is 0 Å². The minimum atomic E-state index is -0.534. The number of carbonyl (C=O) groups is 2. The number of ether oxygens (including phenoxy) is 1. The molecule has 0 spiro atoms. The van der Waals surface area contributed by atoms with Crippen molar-refractivity contribution in [2.45, 2.75) is 19.8 Å². The van der Waals surface area contributed by atoms with Crippen LogP contribution in [0.25, 0.3) is 0 Å². The highest BCUT2D eigenvalue weighted by Crippen LogP contribution is 2.29. The normalized spacial score (nSPS) is 10.8. The Morgan fingerprint density at radius 3 is 2.82 bits per heavy atom. The number of halogens is 3. The monoisotopic (exact) mass is 392 g/mol. The molecular weight excluding hydrogens is 379 g/mol. The molecule has 1 aromatic rings. The number of amides is 1. The van der Waals surface area contributed by atoms with Gasteiger partial charge in [-0.05, 0) is 35.0 Å². The lowest BCUT2D eigenvalue weighted by Crippen LogP contribution is -2.24. The lowest BCUT2D eigenvalue weighted by atomic mass is 10.1. The molecule has 0 atom stereocenters. The maximum atomic E-state index is 13.7. The lowest BCUT2D eigenvalue weighted by molar-refractivity contribution is -0.141. The van der Waals surface area contributed by atoms with Crippen LogP contribution in [-0.2, 0) is 20.7 Å². The summed E-state index contributed by atoms with van der Waals surface area (Å²) in [7, 11) is 1.42. The highest BCUT2D eigenvalue weighted by Gasteiger charge is 2.16. The number of likely N-dealkylation sites (N-methyl/N-ethyl adjacent to an activating group) is 1. The number of benzene rings is 1. The summed E-state index contributed by atoms with van der Waals surface area (Å²) < 4.78 is 18.8. The fourth-order valence-electron chi connectivity index (χ4n) is 1.52. The predicted octanol–water partition coefficient (Wildman–Crippen LogP) is 3.18. The average Bonchev–Trinajstić information content (AvgIpc) is 2.47. The van der Waals surface area contributed by atoms with Crippen molar-refractivity contribution in [2.75, 3.05) is 13.7 Å². The van der Waals surface area contributed by atoms with Crippen LogP contribution in [0.3, 0.4) is 0 Å². The summed E-state index contributed by atoms with van der Waals surface area (Å²) in [6.07, 6.45) is 1.01. The molecule has 0 saturated carbocycles. The van der Waals surface area contributed by atoms with Crippen LogP contribution >= 0.6 is 27.5 Å². The summed E-state index contributed by atoms with van der Waals surface area (Å²) in [5.41, 5.74) is 0.157. The van der Waals surface area contributed by atoms with Gasteiger partial charge in [0, 0.05) is 23.3 Å². The summed E-state index contributed by atoms with van der Waals surface area (Å²) >= 11 is 9.03. The molecule has 0 unspecified atom stereocenters. The second-order valence-corrected chi connectivity index (χ2v) is 5.42. The van der Waals surface area contributed by atoms with E-state index in [-0.39, 0.29) is 25.0 Å². The SMILES string of the molecule is CCOC(=O)CC=NN(C)C(=O)Cc1c(F)ccc(Cl)c1Br. The molecule has 0 fully saturated rings. The number of carbonyl (C=O) groups excluding carboxylic acids is 2. The minimum Gasteiger partial charge on any atom is -0.466 e. The third-order valence-electron chi connectivity index (χ3n) is 2.65. The fourth-order valence-corrected chi connectivity index (χ4v) is 2.16. The topological polar surface area (TPSA) is 59.0 Å².